The van der Waals surface area contributed by atoms with Crippen molar-refractivity contribution in [1.82, 2.24) is 15.0 Å². The van der Waals surface area contributed by atoms with E-state index in [4.69, 9.17) is 11.6 Å². The molecule has 3 aromatic rings. The molecule has 0 aromatic carbocycles. The minimum Gasteiger partial charge on any atom is -0.366 e. The topological polar surface area (TPSA) is 50.7 Å². The average molecular weight is 331 g/mol. The minimum atomic E-state index is 0.547. The molecule has 4 nitrogen and oxygen atoms in total. The Morgan fingerprint density at radius 2 is 2.14 bits per heavy atom. The van der Waals surface area contributed by atoms with E-state index in [0.29, 0.717) is 11.2 Å². The van der Waals surface area contributed by atoms with Gasteiger partial charge in [-0.2, -0.15) is 0 Å². The molecule has 1 aliphatic rings. The van der Waals surface area contributed by atoms with Crippen molar-refractivity contribution >= 4 is 39.0 Å². The van der Waals surface area contributed by atoms with Gasteiger partial charge in [0.1, 0.15) is 17.3 Å². The van der Waals surface area contributed by atoms with Gasteiger partial charge in [-0.3, -0.25) is 0 Å². The molecule has 1 N–H and O–H groups in total. The Bertz CT molecular complexity index is 813. The first-order valence-corrected chi connectivity index (χ1v) is 8.63. The normalized spacial score (nSPS) is 14.4. The number of aromatic nitrogens is 3. The van der Waals surface area contributed by atoms with E-state index >= 15 is 0 Å². The molecule has 1 saturated carbocycles. The Labute approximate surface area is 137 Å². The summed E-state index contributed by atoms with van der Waals surface area (Å²) in [6.45, 7) is 0. The van der Waals surface area contributed by atoms with Gasteiger partial charge in [-0.15, -0.1) is 11.3 Å². The number of nitrogens with one attached hydrogen (secondary N) is 1. The van der Waals surface area contributed by atoms with E-state index in [1.165, 1.54) is 24.0 Å². The van der Waals surface area contributed by atoms with Gasteiger partial charge in [-0.25, -0.2) is 15.0 Å². The van der Waals surface area contributed by atoms with E-state index in [-0.39, 0.29) is 0 Å². The SMILES string of the molecule is Clc1cc(CCc2csc3c(NC4CC4)ncnc23)ccn1. The van der Waals surface area contributed by atoms with Crippen LogP contribution in [0.4, 0.5) is 5.82 Å². The Morgan fingerprint density at radius 1 is 1.23 bits per heavy atom. The molecule has 22 heavy (non-hydrogen) atoms. The van der Waals surface area contributed by atoms with Crippen LogP contribution < -0.4 is 5.32 Å². The number of aryl methyl sites for hydroxylation is 2. The Morgan fingerprint density at radius 3 is 2.95 bits per heavy atom. The second-order valence-electron chi connectivity index (χ2n) is 5.57. The molecule has 0 spiro atoms. The van der Waals surface area contributed by atoms with Crippen LogP contribution in [0.3, 0.4) is 0 Å². The van der Waals surface area contributed by atoms with Crippen LogP contribution in [0.2, 0.25) is 5.15 Å². The molecular formula is C16H15ClN4S. The number of halogens is 1. The monoisotopic (exact) mass is 330 g/mol. The zero-order valence-electron chi connectivity index (χ0n) is 11.9. The summed E-state index contributed by atoms with van der Waals surface area (Å²) >= 11 is 7.66. The standard InChI is InChI=1S/C16H15ClN4S/c17-13-7-10(5-6-18-13)1-2-11-8-22-15-14(11)19-9-20-16(15)21-12-3-4-12/h5-9,12H,1-4H2,(H,19,20,21). The molecule has 0 bridgehead atoms. The maximum Gasteiger partial charge on any atom is 0.147 e. The van der Waals surface area contributed by atoms with Crippen molar-refractivity contribution in [3.63, 3.8) is 0 Å². The van der Waals surface area contributed by atoms with Crippen LogP contribution in [0, 0.1) is 0 Å². The van der Waals surface area contributed by atoms with Gasteiger partial charge in [0.2, 0.25) is 0 Å². The summed E-state index contributed by atoms with van der Waals surface area (Å²) < 4.78 is 1.16. The second kappa shape index (κ2) is 5.82. The average Bonchev–Trinajstić information content (AvgIpc) is 3.23. The van der Waals surface area contributed by atoms with E-state index in [1.54, 1.807) is 23.9 Å². The molecule has 1 fully saturated rings. The summed E-state index contributed by atoms with van der Waals surface area (Å²) in [6, 6.07) is 4.53. The van der Waals surface area contributed by atoms with Crippen LogP contribution in [-0.2, 0) is 12.8 Å². The van der Waals surface area contributed by atoms with E-state index < -0.39 is 0 Å². The van der Waals surface area contributed by atoms with Crippen LogP contribution in [0.25, 0.3) is 10.2 Å². The number of fused-ring (bicyclic) bond motifs is 1. The molecule has 0 aliphatic heterocycles. The number of nitrogens with zero attached hydrogens (tertiary/aromatic N) is 3. The molecule has 3 heterocycles. The highest BCUT2D eigenvalue weighted by Gasteiger charge is 2.23. The molecule has 6 heteroatoms. The summed E-state index contributed by atoms with van der Waals surface area (Å²) in [5.41, 5.74) is 3.54. The third kappa shape index (κ3) is 2.91. The molecule has 112 valence electrons. The number of hydrogen-bond donors (Lipinski definition) is 1. The lowest BCUT2D eigenvalue weighted by molar-refractivity contribution is 0.963. The van der Waals surface area contributed by atoms with E-state index in [1.807, 2.05) is 12.1 Å². The summed E-state index contributed by atoms with van der Waals surface area (Å²) in [6.07, 6.45) is 7.78. The summed E-state index contributed by atoms with van der Waals surface area (Å²) in [4.78, 5) is 12.9. The van der Waals surface area contributed by atoms with Gasteiger partial charge < -0.3 is 5.32 Å². The molecule has 4 rings (SSSR count). The molecule has 0 atom stereocenters. The highest BCUT2D eigenvalue weighted by atomic mass is 35.5. The Kier molecular flexibility index (Phi) is 3.68. The van der Waals surface area contributed by atoms with Crippen molar-refractivity contribution in [3.05, 3.63) is 46.3 Å². The highest BCUT2D eigenvalue weighted by molar-refractivity contribution is 7.18. The van der Waals surface area contributed by atoms with Crippen LogP contribution in [-0.4, -0.2) is 21.0 Å². The third-order valence-corrected chi connectivity index (χ3v) is 5.05. The van der Waals surface area contributed by atoms with Gasteiger partial charge in [0.15, 0.2) is 0 Å². The fourth-order valence-corrected chi connectivity index (χ4v) is 3.68. The number of anilines is 1. The van der Waals surface area contributed by atoms with Crippen molar-refractivity contribution < 1.29 is 0 Å². The van der Waals surface area contributed by atoms with Crippen molar-refractivity contribution in [2.24, 2.45) is 0 Å². The first kappa shape index (κ1) is 13.9. The van der Waals surface area contributed by atoms with Gasteiger partial charge in [0.05, 0.1) is 10.2 Å². The van der Waals surface area contributed by atoms with Crippen LogP contribution >= 0.6 is 22.9 Å². The van der Waals surface area contributed by atoms with Crippen LogP contribution in [0.1, 0.15) is 24.0 Å². The molecular weight excluding hydrogens is 316 g/mol. The van der Waals surface area contributed by atoms with Crippen LogP contribution in [0.15, 0.2) is 30.0 Å². The smallest absolute Gasteiger partial charge is 0.147 e. The van der Waals surface area contributed by atoms with Gasteiger partial charge in [0, 0.05) is 12.2 Å². The zero-order chi connectivity index (χ0) is 14.9. The number of rotatable bonds is 5. The van der Waals surface area contributed by atoms with Gasteiger partial charge in [0.25, 0.3) is 0 Å². The molecule has 0 saturated heterocycles. The second-order valence-corrected chi connectivity index (χ2v) is 6.83. The zero-order valence-corrected chi connectivity index (χ0v) is 13.5. The molecule has 0 unspecified atom stereocenters. The summed E-state index contributed by atoms with van der Waals surface area (Å²) in [5, 5.41) is 6.23. The predicted octanol–water partition coefficient (Wildman–Crippen LogP) is 4.10. The van der Waals surface area contributed by atoms with E-state index in [9.17, 15) is 0 Å². The lowest BCUT2D eigenvalue weighted by atomic mass is 10.1. The van der Waals surface area contributed by atoms with E-state index in [0.717, 1.165) is 28.9 Å². The molecule has 3 aromatic heterocycles. The maximum atomic E-state index is 5.94. The van der Waals surface area contributed by atoms with Crippen molar-refractivity contribution in [1.29, 1.82) is 0 Å². The molecule has 0 radical (unpaired) electrons. The van der Waals surface area contributed by atoms with Gasteiger partial charge >= 0.3 is 0 Å². The van der Waals surface area contributed by atoms with Crippen molar-refractivity contribution in [2.45, 2.75) is 31.7 Å². The number of thiophene rings is 1. The molecule has 1 aliphatic carbocycles. The lowest BCUT2D eigenvalue weighted by Crippen LogP contribution is -2.03. The summed E-state index contributed by atoms with van der Waals surface area (Å²) in [5.74, 6) is 0.982. The fraction of sp³-hybridized carbons (Fsp3) is 0.312. The first-order chi connectivity index (χ1) is 10.8. The Hall–Kier alpha value is -1.72. The van der Waals surface area contributed by atoms with Crippen molar-refractivity contribution in [2.75, 3.05) is 5.32 Å². The quantitative estimate of drug-likeness (QED) is 0.716. The molecule has 0 amide bonds. The highest BCUT2D eigenvalue weighted by Crippen LogP contribution is 2.33. The fourth-order valence-electron chi connectivity index (χ4n) is 2.48. The minimum absolute atomic E-state index is 0.547. The maximum absolute atomic E-state index is 5.94. The van der Waals surface area contributed by atoms with Crippen molar-refractivity contribution in [3.8, 4) is 0 Å². The summed E-state index contributed by atoms with van der Waals surface area (Å²) in [7, 11) is 0. The number of pyridine rings is 1. The van der Waals surface area contributed by atoms with Gasteiger partial charge in [-0.1, -0.05) is 11.6 Å². The number of hydrogen-bond acceptors (Lipinski definition) is 5. The lowest BCUT2D eigenvalue weighted by Gasteiger charge is -2.04. The Balaban J connectivity index is 1.56. The predicted molar refractivity (Wildman–Crippen MR) is 90.7 cm³/mol. The first-order valence-electron chi connectivity index (χ1n) is 7.37. The van der Waals surface area contributed by atoms with Crippen LogP contribution in [0.5, 0.6) is 0 Å². The van der Waals surface area contributed by atoms with Gasteiger partial charge in [-0.05, 0) is 54.3 Å². The largest absolute Gasteiger partial charge is 0.366 e. The van der Waals surface area contributed by atoms with E-state index in [2.05, 4.69) is 25.6 Å². The third-order valence-electron chi connectivity index (χ3n) is 3.82.